The van der Waals surface area contributed by atoms with Crippen LogP contribution in [0.25, 0.3) is 0 Å². The molecule has 0 aliphatic heterocycles. The zero-order chi connectivity index (χ0) is 16.1. The maximum Gasteiger partial charge on any atom is 0.251 e. The van der Waals surface area contributed by atoms with E-state index in [4.69, 9.17) is 23.2 Å². The zero-order valence-electron chi connectivity index (χ0n) is 12.1. The van der Waals surface area contributed by atoms with Crippen molar-refractivity contribution in [1.82, 2.24) is 9.88 Å². The van der Waals surface area contributed by atoms with Crippen molar-refractivity contribution >= 4 is 29.1 Å². The monoisotopic (exact) mass is 338 g/mol. The molecule has 0 unspecified atom stereocenters. The fraction of sp³-hybridized carbons (Fsp3) is 0.250. The SMILES string of the molecule is Cc1ccn(CCCNC(=O)c2ccc(Cl)c(Cl)c2)c(=O)c1. The van der Waals surface area contributed by atoms with Crippen molar-refractivity contribution in [2.75, 3.05) is 6.54 Å². The number of nitrogens with one attached hydrogen (secondary N) is 1. The number of amides is 1. The van der Waals surface area contributed by atoms with E-state index in [2.05, 4.69) is 5.32 Å². The predicted octanol–water partition coefficient (Wildman–Crippen LogP) is 3.28. The number of rotatable bonds is 5. The molecular weight excluding hydrogens is 323 g/mol. The second-order valence-electron chi connectivity index (χ2n) is 4.97. The van der Waals surface area contributed by atoms with Crippen molar-refractivity contribution in [3.05, 3.63) is 68.1 Å². The number of aromatic nitrogens is 1. The number of halogens is 2. The van der Waals surface area contributed by atoms with Gasteiger partial charge in [0.1, 0.15) is 0 Å². The Morgan fingerprint density at radius 3 is 2.64 bits per heavy atom. The molecule has 4 nitrogen and oxygen atoms in total. The van der Waals surface area contributed by atoms with E-state index in [-0.39, 0.29) is 11.5 Å². The summed E-state index contributed by atoms with van der Waals surface area (Å²) in [6.07, 6.45) is 2.43. The molecule has 0 radical (unpaired) electrons. The maximum absolute atomic E-state index is 11.9. The summed E-state index contributed by atoms with van der Waals surface area (Å²) in [5.41, 5.74) is 1.37. The molecule has 0 aliphatic carbocycles. The molecule has 0 spiro atoms. The van der Waals surface area contributed by atoms with Crippen LogP contribution in [0.1, 0.15) is 22.3 Å². The Morgan fingerprint density at radius 2 is 1.95 bits per heavy atom. The third kappa shape index (κ3) is 4.36. The van der Waals surface area contributed by atoms with Crippen LogP contribution >= 0.6 is 23.2 Å². The standard InChI is InChI=1S/C16H16Cl2N2O2/c1-11-5-8-20(15(21)9-11)7-2-6-19-16(22)12-3-4-13(17)14(18)10-12/h3-5,8-10H,2,6-7H2,1H3,(H,19,22). The summed E-state index contributed by atoms with van der Waals surface area (Å²) in [6.45, 7) is 2.91. The van der Waals surface area contributed by atoms with Gasteiger partial charge in [-0.05, 0) is 43.2 Å². The second kappa shape index (κ2) is 7.47. The molecule has 0 fully saturated rings. The summed E-state index contributed by atoms with van der Waals surface area (Å²) in [5, 5.41) is 3.55. The highest BCUT2D eigenvalue weighted by molar-refractivity contribution is 6.42. The molecule has 2 aromatic rings. The van der Waals surface area contributed by atoms with Crippen LogP contribution in [-0.2, 0) is 6.54 Å². The lowest BCUT2D eigenvalue weighted by Crippen LogP contribution is -2.27. The van der Waals surface area contributed by atoms with Crippen LogP contribution in [0.4, 0.5) is 0 Å². The minimum atomic E-state index is -0.213. The minimum absolute atomic E-state index is 0.0317. The fourth-order valence-corrected chi connectivity index (χ4v) is 2.28. The van der Waals surface area contributed by atoms with Gasteiger partial charge in [0.2, 0.25) is 0 Å². The van der Waals surface area contributed by atoms with Gasteiger partial charge in [0, 0.05) is 30.9 Å². The van der Waals surface area contributed by atoms with Gasteiger partial charge in [-0.1, -0.05) is 23.2 Å². The Morgan fingerprint density at radius 1 is 1.18 bits per heavy atom. The number of aryl methyl sites for hydroxylation is 2. The number of hydrogen-bond acceptors (Lipinski definition) is 2. The van der Waals surface area contributed by atoms with E-state index in [0.717, 1.165) is 5.56 Å². The molecule has 0 saturated heterocycles. The summed E-state index contributed by atoms with van der Waals surface area (Å²) in [7, 11) is 0. The van der Waals surface area contributed by atoms with Crippen molar-refractivity contribution in [1.29, 1.82) is 0 Å². The molecule has 116 valence electrons. The Labute approximate surface area is 138 Å². The topological polar surface area (TPSA) is 51.1 Å². The third-order valence-corrected chi connectivity index (χ3v) is 3.93. The average Bonchev–Trinajstić information content (AvgIpc) is 2.48. The molecule has 2 rings (SSSR count). The molecule has 22 heavy (non-hydrogen) atoms. The molecule has 1 aromatic heterocycles. The smallest absolute Gasteiger partial charge is 0.251 e. The molecule has 1 N–H and O–H groups in total. The predicted molar refractivity (Wildman–Crippen MR) is 88.9 cm³/mol. The van der Waals surface area contributed by atoms with Gasteiger partial charge in [-0.2, -0.15) is 0 Å². The number of nitrogens with zero attached hydrogens (tertiary/aromatic N) is 1. The quantitative estimate of drug-likeness (QED) is 0.850. The first-order valence-corrected chi connectivity index (χ1v) is 7.63. The van der Waals surface area contributed by atoms with Crippen molar-refractivity contribution < 1.29 is 4.79 Å². The van der Waals surface area contributed by atoms with E-state index in [9.17, 15) is 9.59 Å². The largest absolute Gasteiger partial charge is 0.352 e. The number of benzene rings is 1. The Bertz CT molecular complexity index is 741. The van der Waals surface area contributed by atoms with Crippen molar-refractivity contribution in [3.8, 4) is 0 Å². The van der Waals surface area contributed by atoms with Crippen molar-refractivity contribution in [2.24, 2.45) is 0 Å². The van der Waals surface area contributed by atoms with Crippen LogP contribution in [0.5, 0.6) is 0 Å². The summed E-state index contributed by atoms with van der Waals surface area (Å²) in [5.74, 6) is -0.213. The van der Waals surface area contributed by atoms with Crippen LogP contribution in [0.3, 0.4) is 0 Å². The zero-order valence-corrected chi connectivity index (χ0v) is 13.6. The molecule has 1 amide bonds. The van der Waals surface area contributed by atoms with Gasteiger partial charge < -0.3 is 9.88 Å². The number of carbonyl (C=O) groups excluding carboxylic acids is 1. The lowest BCUT2D eigenvalue weighted by molar-refractivity contribution is 0.0952. The summed E-state index contributed by atoms with van der Waals surface area (Å²) >= 11 is 11.7. The van der Waals surface area contributed by atoms with E-state index in [1.807, 2.05) is 13.0 Å². The van der Waals surface area contributed by atoms with Crippen molar-refractivity contribution in [3.63, 3.8) is 0 Å². The van der Waals surface area contributed by atoms with Gasteiger partial charge in [-0.3, -0.25) is 9.59 Å². The van der Waals surface area contributed by atoms with Gasteiger partial charge in [-0.25, -0.2) is 0 Å². The lowest BCUT2D eigenvalue weighted by Gasteiger charge is -2.08. The first kappa shape index (κ1) is 16.6. The van der Waals surface area contributed by atoms with Crippen LogP contribution in [0, 0.1) is 6.92 Å². The van der Waals surface area contributed by atoms with E-state index >= 15 is 0 Å². The Balaban J connectivity index is 1.84. The van der Waals surface area contributed by atoms with Crippen LogP contribution in [-0.4, -0.2) is 17.0 Å². The van der Waals surface area contributed by atoms with Crippen molar-refractivity contribution in [2.45, 2.75) is 19.9 Å². The van der Waals surface area contributed by atoms with Gasteiger partial charge in [0.15, 0.2) is 0 Å². The maximum atomic E-state index is 11.9. The number of carbonyl (C=O) groups is 1. The molecular formula is C16H16Cl2N2O2. The van der Waals surface area contributed by atoms with E-state index in [0.29, 0.717) is 35.1 Å². The van der Waals surface area contributed by atoms with Gasteiger partial charge in [0.05, 0.1) is 10.0 Å². The first-order valence-electron chi connectivity index (χ1n) is 6.88. The van der Waals surface area contributed by atoms with Crippen LogP contribution in [0.2, 0.25) is 10.0 Å². The highest BCUT2D eigenvalue weighted by atomic mass is 35.5. The molecule has 0 saturated carbocycles. The van der Waals surface area contributed by atoms with E-state index < -0.39 is 0 Å². The van der Waals surface area contributed by atoms with E-state index in [1.165, 1.54) is 6.07 Å². The van der Waals surface area contributed by atoms with Gasteiger partial charge >= 0.3 is 0 Å². The highest BCUT2D eigenvalue weighted by Crippen LogP contribution is 2.22. The second-order valence-corrected chi connectivity index (χ2v) is 5.79. The minimum Gasteiger partial charge on any atom is -0.352 e. The van der Waals surface area contributed by atoms with E-state index in [1.54, 1.807) is 29.0 Å². The number of pyridine rings is 1. The molecule has 6 heteroatoms. The molecule has 0 bridgehead atoms. The number of hydrogen-bond donors (Lipinski definition) is 1. The average molecular weight is 339 g/mol. The summed E-state index contributed by atoms with van der Waals surface area (Å²) < 4.78 is 1.62. The highest BCUT2D eigenvalue weighted by Gasteiger charge is 2.07. The normalized spacial score (nSPS) is 10.5. The fourth-order valence-electron chi connectivity index (χ4n) is 1.98. The Kier molecular flexibility index (Phi) is 5.63. The first-order chi connectivity index (χ1) is 10.5. The lowest BCUT2D eigenvalue weighted by atomic mass is 10.2. The molecule has 0 atom stereocenters. The molecule has 0 aliphatic rings. The van der Waals surface area contributed by atoms with Gasteiger partial charge in [-0.15, -0.1) is 0 Å². The molecule has 1 heterocycles. The molecule has 1 aromatic carbocycles. The summed E-state index contributed by atoms with van der Waals surface area (Å²) in [4.78, 5) is 23.7. The van der Waals surface area contributed by atoms with Crippen LogP contribution < -0.4 is 10.9 Å². The van der Waals surface area contributed by atoms with Gasteiger partial charge in [0.25, 0.3) is 11.5 Å². The summed E-state index contributed by atoms with van der Waals surface area (Å²) in [6, 6.07) is 8.21. The Hall–Kier alpha value is -1.78. The third-order valence-electron chi connectivity index (χ3n) is 3.19. The van der Waals surface area contributed by atoms with Crippen LogP contribution in [0.15, 0.2) is 41.3 Å².